The van der Waals surface area contributed by atoms with Gasteiger partial charge >= 0.3 is 25.6 Å². The maximum absolute atomic E-state index is 5.11. The van der Waals surface area contributed by atoms with Gasteiger partial charge in [0.25, 0.3) is 0 Å². The molecule has 0 fully saturated rings. The summed E-state index contributed by atoms with van der Waals surface area (Å²) in [5.41, 5.74) is 0. The molecule has 0 saturated carbocycles. The molecular weight excluding hydrogens is 198 g/mol. The van der Waals surface area contributed by atoms with E-state index >= 15 is 0 Å². The van der Waals surface area contributed by atoms with Crippen LogP contribution in [0.5, 0.6) is 0 Å². The van der Waals surface area contributed by atoms with Gasteiger partial charge in [-0.05, 0) is 27.8 Å². The van der Waals surface area contributed by atoms with Gasteiger partial charge in [0.2, 0.25) is 0 Å². The van der Waals surface area contributed by atoms with E-state index in [2.05, 4.69) is 18.7 Å². The van der Waals surface area contributed by atoms with E-state index in [4.69, 9.17) is 14.0 Å². The molecule has 0 radical (unpaired) electrons. The molecule has 0 aliphatic carbocycles. The minimum atomic E-state index is -1.85. The van der Waals surface area contributed by atoms with Crippen molar-refractivity contribution < 1.29 is 32.8 Å². The number of hydrogen-bond donors (Lipinski definition) is 0. The zero-order chi connectivity index (χ0) is 11.6. The molecule has 16 heavy (non-hydrogen) atoms. The first-order valence-corrected chi connectivity index (χ1v) is 5.53. The van der Waals surface area contributed by atoms with Gasteiger partial charge in [0.15, 0.2) is 0 Å². The molecule has 0 aromatic rings. The van der Waals surface area contributed by atoms with Crippen LogP contribution in [0.1, 0.15) is 39.0 Å². The van der Waals surface area contributed by atoms with Gasteiger partial charge < -0.3 is 14.0 Å². The predicted octanol–water partition coefficient (Wildman–Crippen LogP) is -0.618. The van der Waals surface area contributed by atoms with Crippen LogP contribution in [0.2, 0.25) is 0 Å². The molecule has 0 rings (SSSR count). The minimum Gasteiger partial charge on any atom is -0.536 e. The summed E-state index contributed by atoms with van der Waals surface area (Å²) in [5, 5.41) is 0. The fraction of sp³-hybridized carbons (Fsp3) is 0.818. The number of hydrogen-bond acceptors (Lipinski definition) is 3. The van der Waals surface area contributed by atoms with E-state index in [1.807, 2.05) is 0 Å². The molecule has 0 heterocycles. The van der Waals surface area contributed by atoms with E-state index in [1.165, 1.54) is 19.3 Å². The molecule has 0 aliphatic rings. The first-order chi connectivity index (χ1) is 7.24. The molecule has 0 bridgehead atoms. The van der Waals surface area contributed by atoms with Gasteiger partial charge in [0, 0.05) is 6.42 Å². The van der Waals surface area contributed by atoms with Crippen molar-refractivity contribution in [3.63, 3.8) is 0 Å². The maximum Gasteiger partial charge on any atom is 1.00 e. The summed E-state index contributed by atoms with van der Waals surface area (Å²) < 4.78 is 15.3. The molecule has 0 N–H and O–H groups in total. The Morgan fingerprint density at radius 3 is 1.94 bits per heavy atom. The largest absolute Gasteiger partial charge is 1.00 e. The van der Waals surface area contributed by atoms with Gasteiger partial charge in [-0.15, -0.1) is 5.92 Å². The van der Waals surface area contributed by atoms with Crippen molar-refractivity contribution in [1.29, 1.82) is 0 Å². The SMILES string of the molecule is CCCCCCC#C[B-](OC)(OC)OC.[Li+]. The van der Waals surface area contributed by atoms with Crippen LogP contribution in [0.15, 0.2) is 0 Å². The van der Waals surface area contributed by atoms with Crippen molar-refractivity contribution in [3.8, 4) is 11.7 Å². The fourth-order valence-electron chi connectivity index (χ4n) is 1.30. The maximum atomic E-state index is 5.11. The Labute approximate surface area is 112 Å². The van der Waals surface area contributed by atoms with Gasteiger partial charge in [-0.2, -0.15) is 0 Å². The molecule has 0 spiro atoms. The van der Waals surface area contributed by atoms with Gasteiger partial charge in [-0.25, -0.2) is 5.82 Å². The van der Waals surface area contributed by atoms with Gasteiger partial charge in [0.1, 0.15) is 0 Å². The molecule has 88 valence electrons. The second-order valence-corrected chi connectivity index (χ2v) is 3.48. The minimum absolute atomic E-state index is 0. The average molecular weight is 220 g/mol. The molecule has 0 aromatic carbocycles. The molecular formula is C11H22BLiO3. The number of unbranched alkanes of at least 4 members (excludes halogenated alkanes) is 4. The van der Waals surface area contributed by atoms with Crippen LogP contribution < -0.4 is 18.9 Å². The third-order valence-electron chi connectivity index (χ3n) is 2.37. The molecule has 3 nitrogen and oxygen atoms in total. The van der Waals surface area contributed by atoms with Crippen LogP contribution in [0.25, 0.3) is 0 Å². The number of rotatable bonds is 7. The normalized spacial score (nSPS) is 10.2. The Hall–Kier alpha value is 0.102. The second kappa shape index (κ2) is 11.6. The van der Waals surface area contributed by atoms with Gasteiger partial charge in [0.05, 0.1) is 0 Å². The molecule has 0 aliphatic heterocycles. The molecule has 0 saturated heterocycles. The topological polar surface area (TPSA) is 27.7 Å². The Morgan fingerprint density at radius 1 is 0.938 bits per heavy atom. The summed E-state index contributed by atoms with van der Waals surface area (Å²) in [6.07, 6.45) is 5.76. The average Bonchev–Trinajstić information content (AvgIpc) is 2.29. The first kappa shape index (κ1) is 18.5. The van der Waals surface area contributed by atoms with Crippen LogP contribution in [0, 0.1) is 11.7 Å². The van der Waals surface area contributed by atoms with Gasteiger partial charge in [-0.3, -0.25) is 0 Å². The van der Waals surface area contributed by atoms with E-state index < -0.39 is 6.75 Å². The smallest absolute Gasteiger partial charge is 0.536 e. The van der Waals surface area contributed by atoms with Crippen molar-refractivity contribution in [2.45, 2.75) is 39.0 Å². The Morgan fingerprint density at radius 2 is 1.50 bits per heavy atom. The van der Waals surface area contributed by atoms with Crippen LogP contribution in [-0.4, -0.2) is 28.1 Å². The zero-order valence-corrected chi connectivity index (χ0v) is 11.3. The fourth-order valence-corrected chi connectivity index (χ4v) is 1.30. The molecule has 5 heteroatoms. The summed E-state index contributed by atoms with van der Waals surface area (Å²) in [5.74, 6) is 5.95. The van der Waals surface area contributed by atoms with E-state index in [-0.39, 0.29) is 18.9 Å². The second-order valence-electron chi connectivity index (χ2n) is 3.48. The predicted molar refractivity (Wildman–Crippen MR) is 63.3 cm³/mol. The van der Waals surface area contributed by atoms with E-state index in [1.54, 1.807) is 21.3 Å². The summed E-state index contributed by atoms with van der Waals surface area (Å²) >= 11 is 0. The summed E-state index contributed by atoms with van der Waals surface area (Å²) in [6, 6.07) is 0. The zero-order valence-electron chi connectivity index (χ0n) is 11.3. The third kappa shape index (κ3) is 7.39. The van der Waals surface area contributed by atoms with Gasteiger partial charge in [-0.1, -0.05) is 26.2 Å². The van der Waals surface area contributed by atoms with Crippen molar-refractivity contribution in [3.05, 3.63) is 0 Å². The van der Waals surface area contributed by atoms with Crippen LogP contribution in [0.4, 0.5) is 0 Å². The van der Waals surface area contributed by atoms with Crippen LogP contribution >= 0.6 is 0 Å². The standard InChI is InChI=1S/C11H22BO3.Li/c1-5-6-7-8-9-10-11-12(13-2,14-3)15-4;/h5-9H2,1-4H3;/q-1;+1. The molecule has 0 unspecified atom stereocenters. The Balaban J connectivity index is 0. The summed E-state index contributed by atoms with van der Waals surface area (Å²) in [6.45, 7) is 0.350. The summed E-state index contributed by atoms with van der Waals surface area (Å²) in [4.78, 5) is 0. The molecule has 0 atom stereocenters. The van der Waals surface area contributed by atoms with E-state index in [0.717, 1.165) is 12.8 Å². The van der Waals surface area contributed by atoms with E-state index in [0.29, 0.717) is 0 Å². The van der Waals surface area contributed by atoms with Crippen molar-refractivity contribution in [2.24, 2.45) is 0 Å². The summed E-state index contributed by atoms with van der Waals surface area (Å²) in [7, 11) is 4.62. The molecule has 0 aromatic heterocycles. The molecule has 0 amide bonds. The Kier molecular flexibility index (Phi) is 13.4. The first-order valence-electron chi connectivity index (χ1n) is 5.53. The Bertz CT molecular complexity index is 201. The van der Waals surface area contributed by atoms with Crippen molar-refractivity contribution >= 4 is 6.75 Å². The van der Waals surface area contributed by atoms with Crippen LogP contribution in [0.3, 0.4) is 0 Å². The van der Waals surface area contributed by atoms with E-state index in [9.17, 15) is 0 Å². The monoisotopic (exact) mass is 220 g/mol. The van der Waals surface area contributed by atoms with Crippen LogP contribution in [-0.2, 0) is 14.0 Å². The third-order valence-corrected chi connectivity index (χ3v) is 2.37. The quantitative estimate of drug-likeness (QED) is 0.325. The van der Waals surface area contributed by atoms with Crippen molar-refractivity contribution in [1.82, 2.24) is 0 Å². The van der Waals surface area contributed by atoms with Crippen molar-refractivity contribution in [2.75, 3.05) is 21.3 Å².